The molecule has 18 heavy (non-hydrogen) atoms. The lowest BCUT2D eigenvalue weighted by atomic mass is 10.1. The molecule has 0 radical (unpaired) electrons. The average molecular weight is 248 g/mol. The summed E-state index contributed by atoms with van der Waals surface area (Å²) >= 11 is 0. The van der Waals surface area contributed by atoms with Crippen LogP contribution in [0.15, 0.2) is 18.2 Å². The molecule has 0 atom stereocenters. The molecule has 1 fully saturated rings. The van der Waals surface area contributed by atoms with Crippen LogP contribution in [-0.4, -0.2) is 32.8 Å². The Balaban J connectivity index is 2.04. The molecule has 0 unspecified atom stereocenters. The number of anilines is 1. The molecule has 3 nitrogen and oxygen atoms in total. The number of hydrogen-bond acceptors (Lipinski definition) is 3. The van der Waals surface area contributed by atoms with Crippen LogP contribution in [0.2, 0.25) is 0 Å². The molecule has 1 aliphatic rings. The van der Waals surface area contributed by atoms with Crippen LogP contribution >= 0.6 is 0 Å². The minimum absolute atomic E-state index is 0.567. The van der Waals surface area contributed by atoms with E-state index in [4.69, 9.17) is 4.74 Å². The third-order valence-electron chi connectivity index (χ3n) is 3.21. The number of piperazine rings is 1. The number of benzene rings is 1. The van der Waals surface area contributed by atoms with Gasteiger partial charge >= 0.3 is 0 Å². The van der Waals surface area contributed by atoms with Crippen LogP contribution in [0, 0.1) is 12.8 Å². The molecule has 3 heteroatoms. The molecular weight excluding hydrogens is 224 g/mol. The van der Waals surface area contributed by atoms with Gasteiger partial charge in [0.15, 0.2) is 0 Å². The zero-order chi connectivity index (χ0) is 13.0. The van der Waals surface area contributed by atoms with E-state index in [0.717, 1.165) is 38.5 Å². The van der Waals surface area contributed by atoms with Crippen LogP contribution < -0.4 is 15.0 Å². The van der Waals surface area contributed by atoms with Gasteiger partial charge in [0, 0.05) is 31.9 Å². The zero-order valence-corrected chi connectivity index (χ0v) is 11.7. The molecule has 0 bridgehead atoms. The van der Waals surface area contributed by atoms with E-state index in [2.05, 4.69) is 49.2 Å². The smallest absolute Gasteiger partial charge is 0.122 e. The molecule has 1 saturated heterocycles. The van der Waals surface area contributed by atoms with Gasteiger partial charge in [0.25, 0.3) is 0 Å². The maximum atomic E-state index is 5.81. The summed E-state index contributed by atoms with van der Waals surface area (Å²) < 4.78 is 5.81. The second-order valence-corrected chi connectivity index (χ2v) is 5.39. The Morgan fingerprint density at radius 1 is 1.28 bits per heavy atom. The van der Waals surface area contributed by atoms with Gasteiger partial charge in [-0.1, -0.05) is 13.8 Å². The van der Waals surface area contributed by atoms with E-state index < -0.39 is 0 Å². The van der Waals surface area contributed by atoms with E-state index in [1.165, 1.54) is 11.3 Å². The molecule has 1 aromatic rings. The van der Waals surface area contributed by atoms with E-state index in [-0.39, 0.29) is 0 Å². The second kappa shape index (κ2) is 6.10. The van der Waals surface area contributed by atoms with E-state index in [1.54, 1.807) is 0 Å². The maximum Gasteiger partial charge on any atom is 0.122 e. The highest BCUT2D eigenvalue weighted by Gasteiger charge is 2.11. The van der Waals surface area contributed by atoms with Gasteiger partial charge in [-0.2, -0.15) is 0 Å². The number of hydrogen-bond donors (Lipinski definition) is 1. The third-order valence-corrected chi connectivity index (χ3v) is 3.21. The Kier molecular flexibility index (Phi) is 4.48. The summed E-state index contributed by atoms with van der Waals surface area (Å²) in [7, 11) is 0. The summed E-state index contributed by atoms with van der Waals surface area (Å²) in [6, 6.07) is 6.52. The lowest BCUT2D eigenvalue weighted by Gasteiger charge is -2.30. The summed E-state index contributed by atoms with van der Waals surface area (Å²) in [6.45, 7) is 11.6. The van der Waals surface area contributed by atoms with Gasteiger partial charge in [-0.25, -0.2) is 0 Å². The first kappa shape index (κ1) is 13.2. The van der Waals surface area contributed by atoms with Crippen LogP contribution in [0.4, 0.5) is 5.69 Å². The van der Waals surface area contributed by atoms with Gasteiger partial charge in [0.2, 0.25) is 0 Å². The van der Waals surface area contributed by atoms with E-state index in [1.807, 2.05) is 0 Å². The minimum atomic E-state index is 0.567. The summed E-state index contributed by atoms with van der Waals surface area (Å²) in [5.41, 5.74) is 2.54. The van der Waals surface area contributed by atoms with Gasteiger partial charge < -0.3 is 15.0 Å². The fourth-order valence-corrected chi connectivity index (χ4v) is 2.17. The average Bonchev–Trinajstić information content (AvgIpc) is 2.38. The molecule has 2 rings (SSSR count). The van der Waals surface area contributed by atoms with Crippen molar-refractivity contribution in [3.05, 3.63) is 23.8 Å². The fourth-order valence-electron chi connectivity index (χ4n) is 2.17. The lowest BCUT2D eigenvalue weighted by Crippen LogP contribution is -2.43. The molecule has 0 saturated carbocycles. The molecular formula is C15H24N2O. The highest BCUT2D eigenvalue weighted by molar-refractivity contribution is 5.53. The Labute approximate surface area is 110 Å². The molecule has 0 amide bonds. The van der Waals surface area contributed by atoms with Gasteiger partial charge in [0.05, 0.1) is 6.61 Å². The molecule has 1 N–H and O–H groups in total. The second-order valence-electron chi connectivity index (χ2n) is 5.39. The summed E-state index contributed by atoms with van der Waals surface area (Å²) in [5.74, 6) is 1.58. The first-order valence-electron chi connectivity index (χ1n) is 6.86. The summed E-state index contributed by atoms with van der Waals surface area (Å²) in [6.07, 6.45) is 0. The molecule has 100 valence electrons. The topological polar surface area (TPSA) is 24.5 Å². The first-order chi connectivity index (χ1) is 8.66. The van der Waals surface area contributed by atoms with Crippen LogP contribution in [-0.2, 0) is 0 Å². The number of nitrogens with zero attached hydrogens (tertiary/aromatic N) is 1. The van der Waals surface area contributed by atoms with Crippen molar-refractivity contribution >= 4 is 5.69 Å². The van der Waals surface area contributed by atoms with Gasteiger partial charge in [-0.3, -0.25) is 0 Å². The molecule has 1 aromatic carbocycles. The standard InChI is InChI=1S/C15H24N2O/c1-12(2)11-18-15-5-4-14(10-13(15)3)17-8-6-16-7-9-17/h4-5,10,12,16H,6-9,11H2,1-3H3. The van der Waals surface area contributed by atoms with Crippen molar-refractivity contribution in [3.63, 3.8) is 0 Å². The third kappa shape index (κ3) is 3.39. The largest absolute Gasteiger partial charge is 0.493 e. The van der Waals surface area contributed by atoms with Crippen LogP contribution in [0.5, 0.6) is 5.75 Å². The van der Waals surface area contributed by atoms with E-state index in [0.29, 0.717) is 5.92 Å². The molecule has 0 spiro atoms. The van der Waals surface area contributed by atoms with Gasteiger partial charge in [-0.15, -0.1) is 0 Å². The molecule has 0 aromatic heterocycles. The lowest BCUT2D eigenvalue weighted by molar-refractivity contribution is 0.269. The quantitative estimate of drug-likeness (QED) is 0.885. The molecule has 1 heterocycles. The van der Waals surface area contributed by atoms with Crippen molar-refractivity contribution in [2.45, 2.75) is 20.8 Å². The Morgan fingerprint density at radius 2 is 2.00 bits per heavy atom. The van der Waals surface area contributed by atoms with Gasteiger partial charge in [0.1, 0.15) is 5.75 Å². The van der Waals surface area contributed by atoms with E-state index in [9.17, 15) is 0 Å². The monoisotopic (exact) mass is 248 g/mol. The SMILES string of the molecule is Cc1cc(N2CCNCC2)ccc1OCC(C)C. The van der Waals surface area contributed by atoms with Crippen LogP contribution in [0.25, 0.3) is 0 Å². The summed E-state index contributed by atoms with van der Waals surface area (Å²) in [4.78, 5) is 2.43. The summed E-state index contributed by atoms with van der Waals surface area (Å²) in [5, 5.41) is 3.38. The number of aryl methyl sites for hydroxylation is 1. The highest BCUT2D eigenvalue weighted by Crippen LogP contribution is 2.25. The maximum absolute atomic E-state index is 5.81. The minimum Gasteiger partial charge on any atom is -0.493 e. The molecule has 1 aliphatic heterocycles. The number of rotatable bonds is 4. The predicted octanol–water partition coefficient (Wildman–Crippen LogP) is 2.44. The van der Waals surface area contributed by atoms with Crippen molar-refractivity contribution < 1.29 is 4.74 Å². The first-order valence-corrected chi connectivity index (χ1v) is 6.86. The molecule has 0 aliphatic carbocycles. The fraction of sp³-hybridized carbons (Fsp3) is 0.600. The Hall–Kier alpha value is -1.22. The number of ether oxygens (including phenoxy) is 1. The van der Waals surface area contributed by atoms with Gasteiger partial charge in [-0.05, 0) is 36.6 Å². The van der Waals surface area contributed by atoms with Crippen molar-refractivity contribution in [3.8, 4) is 5.75 Å². The van der Waals surface area contributed by atoms with Crippen molar-refractivity contribution in [2.75, 3.05) is 37.7 Å². The Bertz CT molecular complexity index is 384. The highest BCUT2D eigenvalue weighted by atomic mass is 16.5. The predicted molar refractivity (Wildman–Crippen MR) is 76.6 cm³/mol. The van der Waals surface area contributed by atoms with Crippen LogP contribution in [0.1, 0.15) is 19.4 Å². The number of nitrogens with one attached hydrogen (secondary N) is 1. The van der Waals surface area contributed by atoms with Crippen molar-refractivity contribution in [2.24, 2.45) is 5.92 Å². The normalized spacial score (nSPS) is 16.1. The Morgan fingerprint density at radius 3 is 2.61 bits per heavy atom. The van der Waals surface area contributed by atoms with Crippen LogP contribution in [0.3, 0.4) is 0 Å². The van der Waals surface area contributed by atoms with E-state index >= 15 is 0 Å². The van der Waals surface area contributed by atoms with Crippen molar-refractivity contribution in [1.29, 1.82) is 0 Å². The zero-order valence-electron chi connectivity index (χ0n) is 11.7. The van der Waals surface area contributed by atoms with Crippen molar-refractivity contribution in [1.82, 2.24) is 5.32 Å².